The van der Waals surface area contributed by atoms with Crippen LogP contribution in [0.15, 0.2) is 42.5 Å². The summed E-state index contributed by atoms with van der Waals surface area (Å²) in [7, 11) is 0.293. The average molecular weight is 410 g/mol. The van der Waals surface area contributed by atoms with E-state index in [-0.39, 0.29) is 5.97 Å². The van der Waals surface area contributed by atoms with E-state index in [2.05, 4.69) is 55.4 Å². The standard InChI is InChI=1S/C24H31NO3Si/c1-17-22(21-13-9-11-19-10-7-8-12-20(19)21)23(24(26)27-3)18(2)25(17)16-28-14-15-29(4,5)6/h7-13H,14-16H2,1-6H3. The maximum atomic E-state index is 12.7. The van der Waals surface area contributed by atoms with Crippen LogP contribution in [0.4, 0.5) is 0 Å². The van der Waals surface area contributed by atoms with Gasteiger partial charge in [-0.25, -0.2) is 4.79 Å². The molecular weight excluding hydrogens is 378 g/mol. The van der Waals surface area contributed by atoms with E-state index < -0.39 is 8.07 Å². The van der Waals surface area contributed by atoms with E-state index in [1.54, 1.807) is 0 Å². The van der Waals surface area contributed by atoms with E-state index in [9.17, 15) is 4.79 Å². The summed E-state index contributed by atoms with van der Waals surface area (Å²) in [5.41, 5.74) is 4.50. The van der Waals surface area contributed by atoms with Gasteiger partial charge in [0.1, 0.15) is 6.73 Å². The zero-order valence-electron chi connectivity index (χ0n) is 18.3. The van der Waals surface area contributed by atoms with Crippen molar-refractivity contribution in [3.05, 3.63) is 59.4 Å². The van der Waals surface area contributed by atoms with Crippen molar-refractivity contribution >= 4 is 24.8 Å². The predicted octanol–water partition coefficient (Wildman–Crippen LogP) is 6.02. The van der Waals surface area contributed by atoms with Gasteiger partial charge in [0.2, 0.25) is 0 Å². The van der Waals surface area contributed by atoms with Crippen LogP contribution in [0, 0.1) is 13.8 Å². The summed E-state index contributed by atoms with van der Waals surface area (Å²) in [5.74, 6) is -0.311. The second kappa shape index (κ2) is 8.55. The van der Waals surface area contributed by atoms with Crippen LogP contribution in [0.2, 0.25) is 25.7 Å². The van der Waals surface area contributed by atoms with Gasteiger partial charge in [0.15, 0.2) is 0 Å². The van der Waals surface area contributed by atoms with Crippen LogP contribution in [0.1, 0.15) is 21.7 Å². The third-order valence-corrected chi connectivity index (χ3v) is 7.15. The van der Waals surface area contributed by atoms with Crippen molar-refractivity contribution in [2.75, 3.05) is 13.7 Å². The monoisotopic (exact) mass is 409 g/mol. The second-order valence-electron chi connectivity index (χ2n) is 8.72. The Morgan fingerprint density at radius 1 is 1.00 bits per heavy atom. The van der Waals surface area contributed by atoms with E-state index in [1.807, 2.05) is 25.1 Å². The van der Waals surface area contributed by atoms with Gasteiger partial charge in [-0.15, -0.1) is 0 Å². The minimum atomic E-state index is -1.14. The normalized spacial score (nSPS) is 11.8. The summed E-state index contributed by atoms with van der Waals surface area (Å²) < 4.78 is 13.2. The third kappa shape index (κ3) is 4.46. The molecule has 5 heteroatoms. The van der Waals surface area contributed by atoms with Gasteiger partial charge in [-0.1, -0.05) is 62.1 Å². The molecule has 0 aliphatic carbocycles. The lowest BCUT2D eigenvalue weighted by atomic mass is 9.95. The summed E-state index contributed by atoms with van der Waals surface area (Å²) in [6, 6.07) is 15.6. The molecule has 0 bridgehead atoms. The SMILES string of the molecule is COC(=O)c1c(-c2cccc3ccccc23)c(C)n(COCC[Si](C)(C)C)c1C. The molecule has 0 radical (unpaired) electrons. The minimum absolute atomic E-state index is 0.311. The number of methoxy groups -OCH3 is 1. The molecule has 0 fully saturated rings. The molecule has 0 aliphatic heterocycles. The van der Waals surface area contributed by atoms with Gasteiger partial charge in [0.25, 0.3) is 0 Å². The number of fused-ring (bicyclic) bond motifs is 1. The molecule has 0 atom stereocenters. The van der Waals surface area contributed by atoms with Crippen molar-refractivity contribution in [3.8, 4) is 11.1 Å². The molecule has 0 unspecified atom stereocenters. The topological polar surface area (TPSA) is 40.5 Å². The fourth-order valence-corrected chi connectivity index (χ4v) is 4.49. The Bertz CT molecular complexity index is 1030. The maximum Gasteiger partial charge on any atom is 0.340 e. The summed E-state index contributed by atoms with van der Waals surface area (Å²) in [5, 5.41) is 2.28. The molecule has 0 amide bonds. The summed E-state index contributed by atoms with van der Waals surface area (Å²) >= 11 is 0. The van der Waals surface area contributed by atoms with Gasteiger partial charge in [-0.3, -0.25) is 0 Å². The highest BCUT2D eigenvalue weighted by Crippen LogP contribution is 2.37. The van der Waals surface area contributed by atoms with Crippen LogP contribution < -0.4 is 0 Å². The Morgan fingerprint density at radius 2 is 1.69 bits per heavy atom. The Kier molecular flexibility index (Phi) is 6.29. The van der Waals surface area contributed by atoms with Crippen LogP contribution in [0.3, 0.4) is 0 Å². The quantitative estimate of drug-likeness (QED) is 0.272. The predicted molar refractivity (Wildman–Crippen MR) is 122 cm³/mol. The van der Waals surface area contributed by atoms with Crippen molar-refractivity contribution in [2.45, 2.75) is 46.3 Å². The number of carbonyl (C=O) groups excluding carboxylic acids is 1. The zero-order chi connectivity index (χ0) is 21.2. The fourth-order valence-electron chi connectivity index (χ4n) is 3.74. The molecule has 1 aromatic heterocycles. The van der Waals surface area contributed by atoms with Gasteiger partial charge >= 0.3 is 5.97 Å². The number of nitrogens with zero attached hydrogens (tertiary/aromatic N) is 1. The highest BCUT2D eigenvalue weighted by molar-refractivity contribution is 6.76. The number of carbonyl (C=O) groups is 1. The van der Waals surface area contributed by atoms with E-state index >= 15 is 0 Å². The molecule has 3 rings (SSSR count). The zero-order valence-corrected chi connectivity index (χ0v) is 19.3. The number of benzene rings is 2. The van der Waals surface area contributed by atoms with Gasteiger partial charge in [-0.2, -0.15) is 0 Å². The lowest BCUT2D eigenvalue weighted by Crippen LogP contribution is -2.22. The van der Waals surface area contributed by atoms with Gasteiger partial charge in [0.05, 0.1) is 12.7 Å². The Morgan fingerprint density at radius 3 is 2.38 bits per heavy atom. The summed E-state index contributed by atoms with van der Waals surface area (Å²) in [6.07, 6.45) is 0. The number of hydrogen-bond acceptors (Lipinski definition) is 3. The van der Waals surface area contributed by atoms with Crippen LogP contribution in [-0.4, -0.2) is 32.3 Å². The molecule has 154 valence electrons. The maximum absolute atomic E-state index is 12.7. The van der Waals surface area contributed by atoms with Gasteiger partial charge in [0, 0.05) is 31.6 Å². The van der Waals surface area contributed by atoms with Crippen molar-refractivity contribution in [1.29, 1.82) is 0 Å². The number of hydrogen-bond donors (Lipinski definition) is 0. The molecule has 0 saturated heterocycles. The van der Waals surface area contributed by atoms with Gasteiger partial charge < -0.3 is 14.0 Å². The van der Waals surface area contributed by atoms with E-state index in [0.717, 1.165) is 45.9 Å². The first kappa shape index (κ1) is 21.3. The van der Waals surface area contributed by atoms with E-state index in [1.165, 1.54) is 7.11 Å². The van der Waals surface area contributed by atoms with Crippen LogP contribution in [0.5, 0.6) is 0 Å². The number of esters is 1. The van der Waals surface area contributed by atoms with E-state index in [0.29, 0.717) is 12.3 Å². The summed E-state index contributed by atoms with van der Waals surface area (Å²) in [6.45, 7) is 12.2. The molecule has 0 N–H and O–H groups in total. The molecule has 4 nitrogen and oxygen atoms in total. The third-order valence-electron chi connectivity index (χ3n) is 5.45. The van der Waals surface area contributed by atoms with Crippen molar-refractivity contribution in [3.63, 3.8) is 0 Å². The fraction of sp³-hybridized carbons (Fsp3) is 0.375. The molecule has 2 aromatic carbocycles. The number of ether oxygens (including phenoxy) is 2. The second-order valence-corrected chi connectivity index (χ2v) is 14.3. The van der Waals surface area contributed by atoms with Crippen LogP contribution in [-0.2, 0) is 16.2 Å². The number of aromatic nitrogens is 1. The smallest absolute Gasteiger partial charge is 0.340 e. The average Bonchev–Trinajstić information content (AvgIpc) is 2.93. The number of rotatable bonds is 7. The Balaban J connectivity index is 2.08. The highest BCUT2D eigenvalue weighted by atomic mass is 28.3. The largest absolute Gasteiger partial charge is 0.465 e. The molecule has 29 heavy (non-hydrogen) atoms. The highest BCUT2D eigenvalue weighted by Gasteiger charge is 2.26. The Hall–Kier alpha value is -2.37. The molecular formula is C24H31NO3Si. The van der Waals surface area contributed by atoms with E-state index in [4.69, 9.17) is 9.47 Å². The Labute approximate surface area is 174 Å². The van der Waals surface area contributed by atoms with Crippen LogP contribution >= 0.6 is 0 Å². The lowest BCUT2D eigenvalue weighted by Gasteiger charge is -2.16. The molecule has 3 aromatic rings. The van der Waals surface area contributed by atoms with Crippen molar-refractivity contribution < 1.29 is 14.3 Å². The van der Waals surface area contributed by atoms with Gasteiger partial charge in [-0.05, 0) is 36.2 Å². The molecule has 0 saturated carbocycles. The van der Waals surface area contributed by atoms with Crippen LogP contribution in [0.25, 0.3) is 21.9 Å². The first-order valence-electron chi connectivity index (χ1n) is 10.1. The molecule has 1 heterocycles. The van der Waals surface area contributed by atoms with Crippen molar-refractivity contribution in [2.24, 2.45) is 0 Å². The molecule has 0 spiro atoms. The lowest BCUT2D eigenvalue weighted by molar-refractivity contribution is 0.0598. The molecule has 0 aliphatic rings. The summed E-state index contributed by atoms with van der Waals surface area (Å²) in [4.78, 5) is 12.7. The first-order valence-corrected chi connectivity index (χ1v) is 13.8. The minimum Gasteiger partial charge on any atom is -0.465 e. The first-order chi connectivity index (χ1) is 13.7. The van der Waals surface area contributed by atoms with Crippen molar-refractivity contribution in [1.82, 2.24) is 4.57 Å².